The van der Waals surface area contributed by atoms with Crippen molar-refractivity contribution in [3.05, 3.63) is 24.3 Å². The summed E-state index contributed by atoms with van der Waals surface area (Å²) in [6.07, 6.45) is 15.9. The Morgan fingerprint density at radius 2 is 2.17 bits per heavy atom. The number of carbonyl (C=O) groups excluding carboxylic acids is 1. The molecule has 1 fully saturated rings. The first-order valence-electron chi connectivity index (χ1n) is 7.39. The van der Waals surface area contributed by atoms with Gasteiger partial charge >= 0.3 is 0 Å². The second kappa shape index (κ2) is 6.77. The van der Waals surface area contributed by atoms with Crippen LogP contribution in [0.1, 0.15) is 45.4 Å². The zero-order valence-corrected chi connectivity index (χ0v) is 11.5. The van der Waals surface area contributed by atoms with Crippen molar-refractivity contribution in [3.8, 4) is 0 Å². The molecule has 0 aromatic rings. The first-order chi connectivity index (χ1) is 8.79. The lowest BCUT2D eigenvalue weighted by Gasteiger charge is -2.21. The summed E-state index contributed by atoms with van der Waals surface area (Å²) in [7, 11) is 0. The predicted molar refractivity (Wildman–Crippen MR) is 75.2 cm³/mol. The van der Waals surface area contributed by atoms with E-state index in [2.05, 4.69) is 24.3 Å². The van der Waals surface area contributed by atoms with Crippen molar-refractivity contribution in [2.45, 2.75) is 45.4 Å². The second-order valence-corrected chi connectivity index (χ2v) is 5.57. The maximum absolute atomic E-state index is 11.8. The molecule has 0 radical (unpaired) electrons. The molecule has 1 unspecified atom stereocenters. The highest BCUT2D eigenvalue weighted by Crippen LogP contribution is 2.29. The van der Waals surface area contributed by atoms with Gasteiger partial charge in [0.05, 0.1) is 0 Å². The Morgan fingerprint density at radius 1 is 1.33 bits per heavy atom. The van der Waals surface area contributed by atoms with E-state index >= 15 is 0 Å². The van der Waals surface area contributed by atoms with Gasteiger partial charge in [0.1, 0.15) is 0 Å². The fourth-order valence-corrected chi connectivity index (χ4v) is 2.49. The summed E-state index contributed by atoms with van der Waals surface area (Å²) in [5.74, 6) is 1.77. The van der Waals surface area contributed by atoms with E-state index in [1.165, 1.54) is 32.1 Å². The first-order valence-corrected chi connectivity index (χ1v) is 7.39. The van der Waals surface area contributed by atoms with Gasteiger partial charge in [-0.3, -0.25) is 4.79 Å². The van der Waals surface area contributed by atoms with Crippen molar-refractivity contribution in [2.24, 2.45) is 11.8 Å². The van der Waals surface area contributed by atoms with Crippen molar-refractivity contribution < 1.29 is 4.79 Å². The molecular weight excluding hydrogens is 222 g/mol. The van der Waals surface area contributed by atoms with Crippen LogP contribution < -0.4 is 0 Å². The molecule has 0 heterocycles. The van der Waals surface area contributed by atoms with E-state index in [0.29, 0.717) is 18.2 Å². The molecule has 0 bridgehead atoms. The minimum Gasteiger partial charge on any atom is -0.339 e. The molecule has 18 heavy (non-hydrogen) atoms. The molecule has 0 spiro atoms. The summed E-state index contributed by atoms with van der Waals surface area (Å²) in [4.78, 5) is 13.9. The Kier molecular flexibility index (Phi) is 5.03. The normalized spacial score (nSPS) is 23.5. The molecule has 2 aliphatic rings. The third-order valence-electron chi connectivity index (χ3n) is 3.87. The van der Waals surface area contributed by atoms with Gasteiger partial charge in [-0.2, -0.15) is 0 Å². The minimum absolute atomic E-state index is 0.301. The molecule has 0 aromatic heterocycles. The molecule has 0 N–H and O–H groups in total. The number of hydrogen-bond acceptors (Lipinski definition) is 1. The Balaban J connectivity index is 1.78. The molecule has 0 aromatic carbocycles. The zero-order valence-electron chi connectivity index (χ0n) is 11.5. The second-order valence-electron chi connectivity index (χ2n) is 5.57. The highest BCUT2D eigenvalue weighted by atomic mass is 16.2. The first kappa shape index (κ1) is 13.4. The number of amides is 1. The van der Waals surface area contributed by atoms with Gasteiger partial charge < -0.3 is 4.90 Å². The third-order valence-corrected chi connectivity index (χ3v) is 3.87. The molecule has 2 heteroatoms. The van der Waals surface area contributed by atoms with Gasteiger partial charge in [0.15, 0.2) is 0 Å². The van der Waals surface area contributed by atoms with E-state index in [1.54, 1.807) is 0 Å². The summed E-state index contributed by atoms with van der Waals surface area (Å²) in [5, 5.41) is 0. The zero-order chi connectivity index (χ0) is 12.8. The average molecular weight is 247 g/mol. The van der Waals surface area contributed by atoms with Crippen LogP contribution in [0, 0.1) is 11.8 Å². The lowest BCUT2D eigenvalue weighted by molar-refractivity contribution is -0.130. The number of rotatable bonds is 6. The van der Waals surface area contributed by atoms with Gasteiger partial charge in [0, 0.05) is 19.5 Å². The Morgan fingerprint density at radius 3 is 2.78 bits per heavy atom. The maximum atomic E-state index is 11.8. The van der Waals surface area contributed by atoms with Crippen molar-refractivity contribution in [3.63, 3.8) is 0 Å². The summed E-state index contributed by atoms with van der Waals surface area (Å²) < 4.78 is 0. The van der Waals surface area contributed by atoms with E-state index in [-0.39, 0.29) is 0 Å². The predicted octanol–water partition coefficient (Wildman–Crippen LogP) is 3.55. The van der Waals surface area contributed by atoms with Crippen molar-refractivity contribution in [1.29, 1.82) is 0 Å². The van der Waals surface area contributed by atoms with Crippen LogP contribution in [0.4, 0.5) is 0 Å². The quantitative estimate of drug-likeness (QED) is 0.657. The largest absolute Gasteiger partial charge is 0.339 e. The van der Waals surface area contributed by atoms with Gasteiger partial charge in [0.25, 0.3) is 0 Å². The Hall–Kier alpha value is -1.05. The molecule has 0 saturated heterocycles. The molecule has 2 nitrogen and oxygen atoms in total. The van der Waals surface area contributed by atoms with Crippen LogP contribution in [-0.2, 0) is 4.79 Å². The van der Waals surface area contributed by atoms with Crippen molar-refractivity contribution >= 4 is 5.91 Å². The molecule has 1 atom stereocenters. The average Bonchev–Trinajstić information content (AvgIpc) is 3.22. The maximum Gasteiger partial charge on any atom is 0.222 e. The van der Waals surface area contributed by atoms with E-state index in [0.717, 1.165) is 19.0 Å². The Labute approximate surface area is 111 Å². The highest BCUT2D eigenvalue weighted by Gasteiger charge is 2.25. The fourth-order valence-electron chi connectivity index (χ4n) is 2.49. The van der Waals surface area contributed by atoms with Crippen LogP contribution in [0.5, 0.6) is 0 Å². The van der Waals surface area contributed by atoms with Crippen molar-refractivity contribution in [1.82, 2.24) is 4.90 Å². The van der Waals surface area contributed by atoms with E-state index in [9.17, 15) is 4.79 Å². The van der Waals surface area contributed by atoms with E-state index in [1.807, 2.05) is 11.8 Å². The van der Waals surface area contributed by atoms with Gasteiger partial charge in [-0.25, -0.2) is 0 Å². The number of allylic oxidation sites excluding steroid dienone is 3. The lowest BCUT2D eigenvalue weighted by atomic mass is 9.94. The van der Waals surface area contributed by atoms with E-state index < -0.39 is 0 Å². The van der Waals surface area contributed by atoms with Gasteiger partial charge in [-0.1, -0.05) is 31.2 Å². The number of nitrogens with zero attached hydrogens (tertiary/aromatic N) is 1. The van der Waals surface area contributed by atoms with Crippen LogP contribution >= 0.6 is 0 Å². The molecule has 2 aliphatic carbocycles. The Bertz CT molecular complexity index is 328. The minimum atomic E-state index is 0.301. The third kappa shape index (κ3) is 4.32. The standard InChI is InChI=1S/C16H25NO/c1-2-16(18)17(13-15-10-11-15)12-6-9-14-7-4-3-5-8-14/h3-4,6,9,14-15H,2,5,7-8,10-13H2,1H3. The molecule has 1 saturated carbocycles. The van der Waals surface area contributed by atoms with Gasteiger partial charge in [-0.05, 0) is 43.9 Å². The van der Waals surface area contributed by atoms with Crippen LogP contribution in [0.2, 0.25) is 0 Å². The smallest absolute Gasteiger partial charge is 0.222 e. The van der Waals surface area contributed by atoms with Crippen LogP contribution in [0.25, 0.3) is 0 Å². The molecule has 1 amide bonds. The summed E-state index contributed by atoms with van der Waals surface area (Å²) in [5.41, 5.74) is 0. The van der Waals surface area contributed by atoms with Gasteiger partial charge in [-0.15, -0.1) is 0 Å². The van der Waals surface area contributed by atoms with Crippen LogP contribution in [-0.4, -0.2) is 23.9 Å². The molecule has 2 rings (SSSR count). The van der Waals surface area contributed by atoms with Crippen LogP contribution in [0.15, 0.2) is 24.3 Å². The highest BCUT2D eigenvalue weighted by molar-refractivity contribution is 5.76. The van der Waals surface area contributed by atoms with Gasteiger partial charge in [0.2, 0.25) is 5.91 Å². The fraction of sp³-hybridized carbons (Fsp3) is 0.688. The molecular formula is C16H25NO. The van der Waals surface area contributed by atoms with Crippen molar-refractivity contribution in [2.75, 3.05) is 13.1 Å². The topological polar surface area (TPSA) is 20.3 Å². The summed E-state index contributed by atoms with van der Waals surface area (Å²) >= 11 is 0. The molecule has 100 valence electrons. The molecule has 0 aliphatic heterocycles. The monoisotopic (exact) mass is 247 g/mol. The van der Waals surface area contributed by atoms with E-state index in [4.69, 9.17) is 0 Å². The number of hydrogen-bond donors (Lipinski definition) is 0. The lowest BCUT2D eigenvalue weighted by Crippen LogP contribution is -2.32. The van der Waals surface area contributed by atoms with Crippen LogP contribution in [0.3, 0.4) is 0 Å². The summed E-state index contributed by atoms with van der Waals surface area (Å²) in [6, 6.07) is 0. The summed E-state index contributed by atoms with van der Waals surface area (Å²) in [6.45, 7) is 3.74. The SMILES string of the molecule is CCC(=O)N(CC=CC1CC=CCC1)CC1CC1. The number of carbonyl (C=O) groups is 1.